The van der Waals surface area contributed by atoms with Gasteiger partial charge in [-0.25, -0.2) is 0 Å². The SMILES string of the molecule is CCC(N)(CCCN(C)C1CCC1)C(=O)O. The first-order valence-electron chi connectivity index (χ1n) is 6.22. The molecule has 0 spiro atoms. The van der Waals surface area contributed by atoms with Crippen LogP contribution in [0.15, 0.2) is 0 Å². The predicted molar refractivity (Wildman–Crippen MR) is 64.3 cm³/mol. The minimum Gasteiger partial charge on any atom is -0.480 e. The van der Waals surface area contributed by atoms with Gasteiger partial charge in [0.15, 0.2) is 0 Å². The van der Waals surface area contributed by atoms with Crippen LogP contribution in [0.3, 0.4) is 0 Å². The van der Waals surface area contributed by atoms with Crippen molar-refractivity contribution < 1.29 is 9.90 Å². The summed E-state index contributed by atoms with van der Waals surface area (Å²) in [6.07, 6.45) is 5.84. The molecule has 0 radical (unpaired) electrons. The standard InChI is InChI=1S/C12H24N2O2/c1-3-12(13,11(15)16)8-5-9-14(2)10-6-4-7-10/h10H,3-9,13H2,1-2H3,(H,15,16). The van der Waals surface area contributed by atoms with Crippen molar-refractivity contribution in [3.63, 3.8) is 0 Å². The van der Waals surface area contributed by atoms with Gasteiger partial charge in [0.1, 0.15) is 5.54 Å². The summed E-state index contributed by atoms with van der Waals surface area (Å²) in [6.45, 7) is 2.79. The maximum atomic E-state index is 11.0. The van der Waals surface area contributed by atoms with Crippen LogP contribution in [0.5, 0.6) is 0 Å². The topological polar surface area (TPSA) is 66.6 Å². The molecule has 1 aliphatic rings. The summed E-state index contributed by atoms with van der Waals surface area (Å²) < 4.78 is 0. The highest BCUT2D eigenvalue weighted by Gasteiger charge is 2.31. The molecule has 0 aliphatic heterocycles. The second-order valence-corrected chi connectivity index (χ2v) is 4.98. The zero-order chi connectivity index (χ0) is 12.2. The van der Waals surface area contributed by atoms with E-state index in [1.54, 1.807) is 0 Å². The second-order valence-electron chi connectivity index (χ2n) is 4.98. The van der Waals surface area contributed by atoms with Gasteiger partial charge in [-0.05, 0) is 45.7 Å². The van der Waals surface area contributed by atoms with Crippen LogP contribution in [0.4, 0.5) is 0 Å². The molecule has 0 aromatic carbocycles. The zero-order valence-corrected chi connectivity index (χ0v) is 10.4. The molecule has 3 N–H and O–H groups in total. The summed E-state index contributed by atoms with van der Waals surface area (Å²) in [4.78, 5) is 13.3. The fraction of sp³-hybridized carbons (Fsp3) is 0.917. The molecule has 94 valence electrons. The zero-order valence-electron chi connectivity index (χ0n) is 10.4. The Morgan fingerprint density at radius 1 is 1.56 bits per heavy atom. The van der Waals surface area contributed by atoms with Crippen molar-refractivity contribution in [2.75, 3.05) is 13.6 Å². The molecule has 0 aromatic heterocycles. The first kappa shape index (κ1) is 13.5. The normalized spacial score (nSPS) is 20.5. The quantitative estimate of drug-likeness (QED) is 0.692. The van der Waals surface area contributed by atoms with Gasteiger partial charge in [0.05, 0.1) is 0 Å². The van der Waals surface area contributed by atoms with Crippen LogP contribution in [0, 0.1) is 0 Å². The number of nitrogens with zero attached hydrogens (tertiary/aromatic N) is 1. The average molecular weight is 228 g/mol. The molecule has 0 bridgehead atoms. The van der Waals surface area contributed by atoms with Gasteiger partial charge in [-0.15, -0.1) is 0 Å². The number of hydrogen-bond acceptors (Lipinski definition) is 3. The second kappa shape index (κ2) is 5.64. The van der Waals surface area contributed by atoms with E-state index in [0.29, 0.717) is 12.8 Å². The number of aliphatic carboxylic acids is 1. The lowest BCUT2D eigenvalue weighted by Crippen LogP contribution is -2.48. The molecule has 1 aliphatic carbocycles. The van der Waals surface area contributed by atoms with E-state index in [1.165, 1.54) is 19.3 Å². The van der Waals surface area contributed by atoms with E-state index in [9.17, 15) is 4.79 Å². The number of rotatable bonds is 7. The minimum atomic E-state index is -1.03. The van der Waals surface area contributed by atoms with E-state index in [4.69, 9.17) is 10.8 Å². The Labute approximate surface area is 97.8 Å². The van der Waals surface area contributed by atoms with Crippen molar-refractivity contribution in [1.29, 1.82) is 0 Å². The van der Waals surface area contributed by atoms with Crippen molar-refractivity contribution >= 4 is 5.97 Å². The summed E-state index contributed by atoms with van der Waals surface area (Å²) >= 11 is 0. The number of nitrogens with two attached hydrogens (primary N) is 1. The number of carboxylic acids is 1. The Balaban J connectivity index is 2.25. The molecule has 1 fully saturated rings. The van der Waals surface area contributed by atoms with Gasteiger partial charge in [-0.2, -0.15) is 0 Å². The average Bonchev–Trinajstić information content (AvgIpc) is 2.14. The third-order valence-corrected chi connectivity index (χ3v) is 3.89. The molecule has 1 saturated carbocycles. The maximum absolute atomic E-state index is 11.0. The molecule has 4 nitrogen and oxygen atoms in total. The van der Waals surface area contributed by atoms with E-state index in [0.717, 1.165) is 19.0 Å². The molecule has 1 rings (SSSR count). The van der Waals surface area contributed by atoms with Gasteiger partial charge in [0.2, 0.25) is 0 Å². The summed E-state index contributed by atoms with van der Waals surface area (Å²) in [7, 11) is 2.12. The van der Waals surface area contributed by atoms with Crippen molar-refractivity contribution in [2.45, 2.75) is 57.0 Å². The van der Waals surface area contributed by atoms with E-state index in [2.05, 4.69) is 11.9 Å². The monoisotopic (exact) mass is 228 g/mol. The molecule has 0 saturated heterocycles. The molecule has 1 unspecified atom stereocenters. The molecular weight excluding hydrogens is 204 g/mol. The summed E-state index contributed by atoms with van der Waals surface area (Å²) in [5.41, 5.74) is 4.80. The summed E-state index contributed by atoms with van der Waals surface area (Å²) in [5, 5.41) is 9.03. The van der Waals surface area contributed by atoms with Crippen LogP contribution in [0.25, 0.3) is 0 Å². The Hall–Kier alpha value is -0.610. The molecule has 0 aromatic rings. The fourth-order valence-electron chi connectivity index (χ4n) is 2.09. The Morgan fingerprint density at radius 2 is 2.19 bits per heavy atom. The molecule has 1 atom stereocenters. The molecule has 4 heteroatoms. The predicted octanol–water partition coefficient (Wildman–Crippen LogP) is 1.44. The number of carboxylic acid groups (broad SMARTS) is 1. The van der Waals surface area contributed by atoms with Gasteiger partial charge in [-0.3, -0.25) is 4.79 Å². The van der Waals surface area contributed by atoms with E-state index >= 15 is 0 Å². The van der Waals surface area contributed by atoms with E-state index < -0.39 is 11.5 Å². The number of carbonyl (C=O) groups is 1. The third-order valence-electron chi connectivity index (χ3n) is 3.89. The van der Waals surface area contributed by atoms with Gasteiger partial charge < -0.3 is 15.7 Å². The molecule has 0 heterocycles. The Morgan fingerprint density at radius 3 is 2.56 bits per heavy atom. The van der Waals surface area contributed by atoms with Crippen LogP contribution in [-0.2, 0) is 4.79 Å². The van der Waals surface area contributed by atoms with Crippen molar-refractivity contribution in [2.24, 2.45) is 5.73 Å². The lowest BCUT2D eigenvalue weighted by Gasteiger charge is -2.35. The van der Waals surface area contributed by atoms with Gasteiger partial charge in [0, 0.05) is 6.04 Å². The van der Waals surface area contributed by atoms with Crippen molar-refractivity contribution in [3.05, 3.63) is 0 Å². The largest absolute Gasteiger partial charge is 0.480 e. The first-order chi connectivity index (χ1) is 7.49. The van der Waals surface area contributed by atoms with Crippen molar-refractivity contribution in [3.8, 4) is 0 Å². The van der Waals surface area contributed by atoms with Crippen LogP contribution in [0.1, 0.15) is 45.4 Å². The van der Waals surface area contributed by atoms with Gasteiger partial charge in [-0.1, -0.05) is 13.3 Å². The highest BCUT2D eigenvalue weighted by molar-refractivity contribution is 5.78. The summed E-state index contributed by atoms with van der Waals surface area (Å²) in [6, 6.07) is 0.721. The lowest BCUT2D eigenvalue weighted by molar-refractivity contribution is -0.143. The van der Waals surface area contributed by atoms with Crippen LogP contribution in [-0.4, -0.2) is 41.1 Å². The fourth-order valence-corrected chi connectivity index (χ4v) is 2.09. The molecule has 0 amide bonds. The number of hydrogen-bond donors (Lipinski definition) is 2. The third kappa shape index (κ3) is 3.19. The van der Waals surface area contributed by atoms with Crippen LogP contribution >= 0.6 is 0 Å². The van der Waals surface area contributed by atoms with Gasteiger partial charge >= 0.3 is 5.97 Å². The van der Waals surface area contributed by atoms with E-state index in [-0.39, 0.29) is 0 Å². The van der Waals surface area contributed by atoms with Crippen LogP contribution in [0.2, 0.25) is 0 Å². The molecule has 16 heavy (non-hydrogen) atoms. The van der Waals surface area contributed by atoms with Crippen LogP contribution < -0.4 is 5.73 Å². The minimum absolute atomic E-state index is 0.496. The maximum Gasteiger partial charge on any atom is 0.323 e. The Kier molecular flexibility index (Phi) is 4.74. The van der Waals surface area contributed by atoms with Crippen molar-refractivity contribution in [1.82, 2.24) is 4.90 Å². The van der Waals surface area contributed by atoms with Gasteiger partial charge in [0.25, 0.3) is 0 Å². The lowest BCUT2D eigenvalue weighted by atomic mass is 9.90. The molecular formula is C12H24N2O2. The summed E-state index contributed by atoms with van der Waals surface area (Å²) in [5.74, 6) is -0.874. The van der Waals surface area contributed by atoms with E-state index in [1.807, 2.05) is 6.92 Å². The highest BCUT2D eigenvalue weighted by Crippen LogP contribution is 2.24. The Bertz CT molecular complexity index is 241. The highest BCUT2D eigenvalue weighted by atomic mass is 16.4. The first-order valence-corrected chi connectivity index (χ1v) is 6.22. The smallest absolute Gasteiger partial charge is 0.323 e.